The summed E-state index contributed by atoms with van der Waals surface area (Å²) in [5, 5.41) is 7.31. The fourth-order valence-electron chi connectivity index (χ4n) is 2.34. The third-order valence-corrected chi connectivity index (χ3v) is 4.72. The van der Waals surface area contributed by atoms with Gasteiger partial charge in [0.1, 0.15) is 0 Å². The summed E-state index contributed by atoms with van der Waals surface area (Å²) in [5.74, 6) is 0. The zero-order chi connectivity index (χ0) is 14.3. The quantitative estimate of drug-likeness (QED) is 0.899. The van der Waals surface area contributed by atoms with Gasteiger partial charge in [0.25, 0.3) is 10.0 Å². The van der Waals surface area contributed by atoms with Crippen LogP contribution in [0.4, 0.5) is 11.4 Å². The number of hydrogen-bond acceptors (Lipinski definition) is 4. The summed E-state index contributed by atoms with van der Waals surface area (Å²) < 4.78 is 28.9. The molecular formula is C13H16N4O2S. The van der Waals surface area contributed by atoms with Gasteiger partial charge < -0.3 is 5.32 Å². The molecule has 1 aromatic heterocycles. The van der Waals surface area contributed by atoms with Gasteiger partial charge in [0.15, 0.2) is 0 Å². The van der Waals surface area contributed by atoms with E-state index in [1.54, 1.807) is 37.0 Å². The predicted octanol–water partition coefficient (Wildman–Crippen LogP) is 1.50. The van der Waals surface area contributed by atoms with Crippen LogP contribution in [0.3, 0.4) is 0 Å². The van der Waals surface area contributed by atoms with Gasteiger partial charge in [0, 0.05) is 25.5 Å². The van der Waals surface area contributed by atoms with Gasteiger partial charge in [-0.05, 0) is 31.0 Å². The van der Waals surface area contributed by atoms with E-state index in [0.29, 0.717) is 11.4 Å². The van der Waals surface area contributed by atoms with Crippen molar-refractivity contribution in [3.63, 3.8) is 0 Å². The van der Waals surface area contributed by atoms with Gasteiger partial charge >= 0.3 is 0 Å². The van der Waals surface area contributed by atoms with E-state index < -0.39 is 10.0 Å². The maximum Gasteiger partial charge on any atom is 0.262 e. The maximum atomic E-state index is 12.4. The van der Waals surface area contributed by atoms with Crippen LogP contribution >= 0.6 is 0 Å². The molecule has 106 valence electrons. The van der Waals surface area contributed by atoms with Crippen LogP contribution in [0.25, 0.3) is 0 Å². The Morgan fingerprint density at radius 3 is 2.90 bits per heavy atom. The number of nitrogens with one attached hydrogen (secondary N) is 2. The molecule has 7 heteroatoms. The van der Waals surface area contributed by atoms with E-state index in [0.717, 1.165) is 24.2 Å². The van der Waals surface area contributed by atoms with Crippen LogP contribution < -0.4 is 10.0 Å². The molecule has 0 amide bonds. The van der Waals surface area contributed by atoms with Crippen molar-refractivity contribution in [3.8, 4) is 0 Å². The number of nitrogens with zero attached hydrogens (tertiary/aromatic N) is 2. The number of aryl methyl sites for hydroxylation is 2. The normalized spacial score (nSPS) is 13.9. The molecule has 0 aliphatic carbocycles. The van der Waals surface area contributed by atoms with Crippen molar-refractivity contribution in [2.45, 2.75) is 18.2 Å². The van der Waals surface area contributed by atoms with Crippen molar-refractivity contribution < 1.29 is 8.42 Å². The second-order valence-corrected chi connectivity index (χ2v) is 6.59. The fraction of sp³-hybridized carbons (Fsp3) is 0.308. The zero-order valence-corrected chi connectivity index (χ0v) is 12.2. The summed E-state index contributed by atoms with van der Waals surface area (Å²) >= 11 is 0. The molecular weight excluding hydrogens is 276 g/mol. The third-order valence-electron chi connectivity index (χ3n) is 3.36. The van der Waals surface area contributed by atoms with E-state index in [1.165, 1.54) is 0 Å². The van der Waals surface area contributed by atoms with E-state index in [1.807, 2.05) is 6.07 Å². The molecule has 2 heterocycles. The highest BCUT2D eigenvalue weighted by molar-refractivity contribution is 7.92. The molecule has 0 atom stereocenters. The van der Waals surface area contributed by atoms with Crippen LogP contribution in [0.1, 0.15) is 11.3 Å². The van der Waals surface area contributed by atoms with Crippen LogP contribution in [0.2, 0.25) is 0 Å². The first-order valence-electron chi connectivity index (χ1n) is 6.35. The summed E-state index contributed by atoms with van der Waals surface area (Å²) in [6, 6.07) is 5.18. The molecule has 0 radical (unpaired) electrons. The minimum atomic E-state index is -3.59. The minimum Gasteiger partial charge on any atom is -0.384 e. The highest BCUT2D eigenvalue weighted by atomic mass is 32.2. The molecule has 2 aromatic rings. The summed E-state index contributed by atoms with van der Waals surface area (Å²) in [5.41, 5.74) is 3.20. The summed E-state index contributed by atoms with van der Waals surface area (Å²) in [6.45, 7) is 2.62. The molecule has 0 saturated heterocycles. The maximum absolute atomic E-state index is 12.4. The molecule has 1 aromatic carbocycles. The van der Waals surface area contributed by atoms with Gasteiger partial charge in [-0.25, -0.2) is 8.42 Å². The van der Waals surface area contributed by atoms with Crippen molar-refractivity contribution in [1.82, 2.24) is 9.78 Å². The van der Waals surface area contributed by atoms with Gasteiger partial charge in [0.2, 0.25) is 0 Å². The Morgan fingerprint density at radius 2 is 2.20 bits per heavy atom. The summed E-state index contributed by atoms with van der Waals surface area (Å²) in [7, 11) is -1.83. The Balaban J connectivity index is 1.94. The van der Waals surface area contributed by atoms with E-state index >= 15 is 0 Å². The lowest BCUT2D eigenvalue weighted by Gasteiger charge is -2.08. The number of rotatable bonds is 3. The van der Waals surface area contributed by atoms with Crippen LogP contribution in [-0.2, 0) is 23.5 Å². The second-order valence-electron chi connectivity index (χ2n) is 4.90. The lowest BCUT2D eigenvalue weighted by molar-refractivity contribution is 0.601. The molecule has 3 rings (SSSR count). The topological polar surface area (TPSA) is 76.0 Å². The van der Waals surface area contributed by atoms with Crippen LogP contribution in [-0.4, -0.2) is 24.7 Å². The third kappa shape index (κ3) is 2.24. The summed E-state index contributed by atoms with van der Waals surface area (Å²) in [6.07, 6.45) is 2.59. The smallest absolute Gasteiger partial charge is 0.262 e. The molecule has 1 aliphatic heterocycles. The first-order valence-corrected chi connectivity index (χ1v) is 7.84. The van der Waals surface area contributed by atoms with Gasteiger partial charge in [-0.2, -0.15) is 5.10 Å². The van der Waals surface area contributed by atoms with Crippen molar-refractivity contribution in [1.29, 1.82) is 0 Å². The molecule has 0 unspecified atom stereocenters. The molecule has 2 N–H and O–H groups in total. The Hall–Kier alpha value is -2.02. The lowest BCUT2D eigenvalue weighted by Crippen LogP contribution is -2.13. The molecule has 6 nitrogen and oxygen atoms in total. The lowest BCUT2D eigenvalue weighted by atomic mass is 10.2. The standard InChI is InChI=1S/C13H16N4O2S/c1-9-13(8-17(2)15-9)16-20(18,19)11-4-3-10-5-6-14-12(10)7-11/h3-4,7-8,14,16H,5-6H2,1-2H3. The average molecular weight is 292 g/mol. The second kappa shape index (κ2) is 4.52. The van der Waals surface area contributed by atoms with E-state index in [-0.39, 0.29) is 4.90 Å². The Kier molecular flexibility index (Phi) is 2.93. The van der Waals surface area contributed by atoms with E-state index in [2.05, 4.69) is 15.1 Å². The predicted molar refractivity (Wildman–Crippen MR) is 77.4 cm³/mol. The van der Waals surface area contributed by atoms with E-state index in [4.69, 9.17) is 0 Å². The molecule has 20 heavy (non-hydrogen) atoms. The number of benzene rings is 1. The van der Waals surface area contributed by atoms with Crippen molar-refractivity contribution in [2.24, 2.45) is 7.05 Å². The molecule has 0 bridgehead atoms. The monoisotopic (exact) mass is 292 g/mol. The Labute approximate surface area is 117 Å². The van der Waals surface area contributed by atoms with Gasteiger partial charge in [0.05, 0.1) is 16.3 Å². The average Bonchev–Trinajstić information content (AvgIpc) is 2.95. The number of hydrogen-bond donors (Lipinski definition) is 2. The minimum absolute atomic E-state index is 0.258. The summed E-state index contributed by atoms with van der Waals surface area (Å²) in [4.78, 5) is 0.258. The SMILES string of the molecule is Cc1nn(C)cc1NS(=O)(=O)c1ccc2c(c1)NCC2. The van der Waals surface area contributed by atoms with Gasteiger partial charge in [-0.15, -0.1) is 0 Å². The van der Waals surface area contributed by atoms with Crippen molar-refractivity contribution >= 4 is 21.4 Å². The number of aromatic nitrogens is 2. The van der Waals surface area contributed by atoms with E-state index in [9.17, 15) is 8.42 Å². The zero-order valence-electron chi connectivity index (χ0n) is 11.3. The van der Waals surface area contributed by atoms with Crippen LogP contribution in [0.5, 0.6) is 0 Å². The molecule has 1 aliphatic rings. The number of anilines is 2. The van der Waals surface area contributed by atoms with Gasteiger partial charge in [-0.1, -0.05) is 6.07 Å². The van der Waals surface area contributed by atoms with Gasteiger partial charge in [-0.3, -0.25) is 9.40 Å². The number of sulfonamides is 1. The molecule has 0 fully saturated rings. The highest BCUT2D eigenvalue weighted by Crippen LogP contribution is 2.26. The van der Waals surface area contributed by atoms with Crippen LogP contribution in [0.15, 0.2) is 29.3 Å². The van der Waals surface area contributed by atoms with Crippen molar-refractivity contribution in [2.75, 3.05) is 16.6 Å². The van der Waals surface area contributed by atoms with Crippen LogP contribution in [0, 0.1) is 6.92 Å². The first-order chi connectivity index (χ1) is 9.45. The van der Waals surface area contributed by atoms with Crippen molar-refractivity contribution in [3.05, 3.63) is 35.7 Å². The fourth-order valence-corrected chi connectivity index (χ4v) is 3.47. The molecule has 0 saturated carbocycles. The largest absolute Gasteiger partial charge is 0.384 e. The first kappa shape index (κ1) is 13.0. The Bertz CT molecular complexity index is 765. The number of fused-ring (bicyclic) bond motifs is 1. The Morgan fingerprint density at radius 1 is 1.40 bits per heavy atom. The highest BCUT2D eigenvalue weighted by Gasteiger charge is 2.19. The molecule has 0 spiro atoms.